The molecule has 3 heteroatoms. The van der Waals surface area contributed by atoms with Gasteiger partial charge in [-0.25, -0.2) is 0 Å². The van der Waals surface area contributed by atoms with Crippen LogP contribution in [-0.4, -0.2) is 10.2 Å². The fourth-order valence-corrected chi connectivity index (χ4v) is 2.11. The smallest absolute Gasteiger partial charge is 0.154 e. The highest BCUT2D eigenvalue weighted by Gasteiger charge is 2.17. The number of aromatic nitrogens is 2. The third kappa shape index (κ3) is 2.67. The molecule has 0 aromatic heterocycles. The highest BCUT2D eigenvalue weighted by molar-refractivity contribution is 5.82. The van der Waals surface area contributed by atoms with Crippen molar-refractivity contribution in [2.75, 3.05) is 0 Å². The van der Waals surface area contributed by atoms with Gasteiger partial charge < -0.3 is 4.74 Å². The fraction of sp³-hybridized carbons (Fsp3) is 0. The molecule has 1 aliphatic carbocycles. The first-order valence-electron chi connectivity index (χ1n) is 6.65. The van der Waals surface area contributed by atoms with Crippen molar-refractivity contribution < 1.29 is 4.74 Å². The monoisotopic (exact) mass is 274 g/mol. The lowest BCUT2D eigenvalue weighted by atomic mass is 10.1. The van der Waals surface area contributed by atoms with Gasteiger partial charge in [0.05, 0.1) is 6.26 Å². The quantitative estimate of drug-likeness (QED) is 0.524. The molecule has 0 atom stereocenters. The summed E-state index contributed by atoms with van der Waals surface area (Å²) >= 11 is 0. The SMILES string of the molecule is C=C/C=C/Oc1ccccc2c(-c3ccccc3)nnc1-2. The highest BCUT2D eigenvalue weighted by atomic mass is 16.5. The first-order chi connectivity index (χ1) is 10.4. The van der Waals surface area contributed by atoms with Gasteiger partial charge in [-0.3, -0.25) is 0 Å². The van der Waals surface area contributed by atoms with Crippen LogP contribution in [0.4, 0.5) is 0 Å². The average Bonchev–Trinajstić information content (AvgIpc) is 2.84. The Hall–Kier alpha value is -2.94. The lowest BCUT2D eigenvalue weighted by Crippen LogP contribution is -1.84. The molecule has 0 amide bonds. The van der Waals surface area contributed by atoms with Gasteiger partial charge in [0.2, 0.25) is 0 Å². The number of hydrogen-bond donors (Lipinski definition) is 0. The van der Waals surface area contributed by atoms with Crippen LogP contribution in [0, 0.1) is 0 Å². The van der Waals surface area contributed by atoms with Gasteiger partial charge in [-0.15, -0.1) is 10.2 Å². The van der Waals surface area contributed by atoms with E-state index in [0.29, 0.717) is 5.75 Å². The molecule has 1 aliphatic heterocycles. The highest BCUT2D eigenvalue weighted by Crippen LogP contribution is 2.35. The second-order valence-electron chi connectivity index (χ2n) is 4.44. The van der Waals surface area contributed by atoms with Crippen molar-refractivity contribution in [2.24, 2.45) is 0 Å². The minimum absolute atomic E-state index is 0.669. The Bertz CT molecular complexity index is 750. The molecular formula is C18H14N2O. The van der Waals surface area contributed by atoms with E-state index in [9.17, 15) is 0 Å². The van der Waals surface area contributed by atoms with Crippen LogP contribution in [-0.2, 0) is 0 Å². The summed E-state index contributed by atoms with van der Waals surface area (Å²) in [5, 5.41) is 8.59. The van der Waals surface area contributed by atoms with E-state index in [1.54, 1.807) is 18.4 Å². The fourth-order valence-electron chi connectivity index (χ4n) is 2.11. The van der Waals surface area contributed by atoms with Gasteiger partial charge in [-0.05, 0) is 12.1 Å². The van der Waals surface area contributed by atoms with Crippen molar-refractivity contribution in [3.8, 4) is 28.3 Å². The second-order valence-corrected chi connectivity index (χ2v) is 4.44. The van der Waals surface area contributed by atoms with E-state index in [1.165, 1.54) is 0 Å². The molecule has 0 unspecified atom stereocenters. The lowest BCUT2D eigenvalue weighted by molar-refractivity contribution is 0.482. The molecule has 0 saturated heterocycles. The molecule has 0 bridgehead atoms. The van der Waals surface area contributed by atoms with E-state index < -0.39 is 0 Å². The maximum atomic E-state index is 5.61. The number of benzene rings is 1. The molecule has 0 fully saturated rings. The van der Waals surface area contributed by atoms with E-state index in [1.807, 2.05) is 54.6 Å². The average molecular weight is 274 g/mol. The molecule has 2 aliphatic rings. The summed E-state index contributed by atoms with van der Waals surface area (Å²) in [7, 11) is 0. The maximum Gasteiger partial charge on any atom is 0.154 e. The van der Waals surface area contributed by atoms with Gasteiger partial charge in [0.15, 0.2) is 5.75 Å². The molecular weight excluding hydrogens is 260 g/mol. The van der Waals surface area contributed by atoms with Crippen LogP contribution in [0.1, 0.15) is 0 Å². The topological polar surface area (TPSA) is 35.0 Å². The Morgan fingerprint density at radius 1 is 0.857 bits per heavy atom. The minimum Gasteiger partial charge on any atom is -0.463 e. The number of allylic oxidation sites excluding steroid dienone is 2. The standard InChI is InChI=1S/C18H14N2O/c1-2-3-13-21-16-12-8-7-11-15-17(19-20-18(15)16)14-9-5-4-6-10-14/h2-13H,1H2/b13-3+. The van der Waals surface area contributed by atoms with Crippen LogP contribution in [0.5, 0.6) is 5.75 Å². The predicted molar refractivity (Wildman–Crippen MR) is 84.1 cm³/mol. The Kier molecular flexibility index (Phi) is 3.74. The van der Waals surface area contributed by atoms with Crippen molar-refractivity contribution in [3.63, 3.8) is 0 Å². The molecule has 21 heavy (non-hydrogen) atoms. The first kappa shape index (κ1) is 13.1. The van der Waals surface area contributed by atoms with E-state index in [-0.39, 0.29) is 0 Å². The molecule has 3 rings (SSSR count). The Labute approximate surface area is 123 Å². The Morgan fingerprint density at radius 3 is 2.38 bits per heavy atom. The van der Waals surface area contributed by atoms with E-state index in [4.69, 9.17) is 4.74 Å². The van der Waals surface area contributed by atoms with Crippen molar-refractivity contribution in [3.05, 3.63) is 79.6 Å². The number of rotatable bonds is 4. The van der Waals surface area contributed by atoms with Crippen molar-refractivity contribution in [1.82, 2.24) is 10.2 Å². The van der Waals surface area contributed by atoms with Gasteiger partial charge in [-0.1, -0.05) is 61.2 Å². The van der Waals surface area contributed by atoms with Crippen molar-refractivity contribution in [2.45, 2.75) is 0 Å². The van der Waals surface area contributed by atoms with Crippen molar-refractivity contribution >= 4 is 0 Å². The van der Waals surface area contributed by atoms with E-state index >= 15 is 0 Å². The molecule has 0 radical (unpaired) electrons. The minimum atomic E-state index is 0.669. The maximum absolute atomic E-state index is 5.61. The Balaban J connectivity index is 2.06. The molecule has 0 saturated carbocycles. The van der Waals surface area contributed by atoms with Crippen LogP contribution in [0.3, 0.4) is 0 Å². The molecule has 102 valence electrons. The van der Waals surface area contributed by atoms with Gasteiger partial charge in [0.1, 0.15) is 11.4 Å². The number of ether oxygens (including phenoxy) is 1. The third-order valence-corrected chi connectivity index (χ3v) is 3.07. The van der Waals surface area contributed by atoms with Gasteiger partial charge in [0.25, 0.3) is 0 Å². The van der Waals surface area contributed by atoms with Crippen molar-refractivity contribution in [1.29, 1.82) is 0 Å². The number of hydrogen-bond acceptors (Lipinski definition) is 3. The van der Waals surface area contributed by atoms with Crippen LogP contribution in [0.2, 0.25) is 0 Å². The van der Waals surface area contributed by atoms with E-state index in [0.717, 1.165) is 22.5 Å². The molecule has 0 spiro atoms. The summed E-state index contributed by atoms with van der Waals surface area (Å²) in [6, 6.07) is 17.8. The van der Waals surface area contributed by atoms with Crippen LogP contribution in [0.15, 0.2) is 79.6 Å². The first-order valence-corrected chi connectivity index (χ1v) is 6.65. The zero-order chi connectivity index (χ0) is 14.5. The summed E-state index contributed by atoms with van der Waals surface area (Å²) in [5.41, 5.74) is 3.61. The van der Waals surface area contributed by atoms with Gasteiger partial charge in [-0.2, -0.15) is 0 Å². The largest absolute Gasteiger partial charge is 0.463 e. The third-order valence-electron chi connectivity index (χ3n) is 3.07. The molecule has 1 aromatic carbocycles. The zero-order valence-electron chi connectivity index (χ0n) is 11.4. The summed E-state index contributed by atoms with van der Waals surface area (Å²) < 4.78 is 5.61. The zero-order valence-corrected chi connectivity index (χ0v) is 11.4. The summed E-state index contributed by atoms with van der Waals surface area (Å²) in [5.74, 6) is 0.669. The molecule has 1 aromatic rings. The van der Waals surface area contributed by atoms with Gasteiger partial charge in [0, 0.05) is 11.1 Å². The number of nitrogens with zero attached hydrogens (tertiary/aromatic N) is 2. The molecule has 1 heterocycles. The van der Waals surface area contributed by atoms with Crippen LogP contribution in [0.25, 0.3) is 22.5 Å². The summed E-state index contributed by atoms with van der Waals surface area (Å²) in [6.45, 7) is 3.62. The molecule has 3 nitrogen and oxygen atoms in total. The van der Waals surface area contributed by atoms with Gasteiger partial charge >= 0.3 is 0 Å². The molecule has 0 N–H and O–H groups in total. The van der Waals surface area contributed by atoms with E-state index in [2.05, 4.69) is 16.8 Å². The van der Waals surface area contributed by atoms with Crippen LogP contribution >= 0.6 is 0 Å². The predicted octanol–water partition coefficient (Wildman–Crippen LogP) is 4.33. The normalized spacial score (nSPS) is 10.9. The second kappa shape index (κ2) is 6.01. The van der Waals surface area contributed by atoms with Crippen LogP contribution < -0.4 is 4.74 Å². The summed E-state index contributed by atoms with van der Waals surface area (Å²) in [4.78, 5) is 0. The number of fused-ring (bicyclic) bond motifs is 1. The Morgan fingerprint density at radius 2 is 1.57 bits per heavy atom. The summed E-state index contributed by atoms with van der Waals surface area (Å²) in [6.07, 6.45) is 4.97. The lowest BCUT2D eigenvalue weighted by Gasteiger charge is -2.01.